The average Bonchev–Trinajstić information content (AvgIpc) is 3.04. The van der Waals surface area contributed by atoms with Gasteiger partial charge in [-0.15, -0.1) is 0 Å². The van der Waals surface area contributed by atoms with E-state index < -0.39 is 0 Å². The Hall–Kier alpha value is -0.800. The van der Waals surface area contributed by atoms with E-state index in [2.05, 4.69) is 58.9 Å². The summed E-state index contributed by atoms with van der Waals surface area (Å²) >= 11 is 3.62. The van der Waals surface area contributed by atoms with Crippen molar-refractivity contribution in [1.82, 2.24) is 4.57 Å². The largest absolute Gasteiger partial charge is 0.349 e. The zero-order chi connectivity index (χ0) is 12.2. The highest BCUT2D eigenvalue weighted by Crippen LogP contribution is 2.51. The maximum absolute atomic E-state index is 6.14. The first-order chi connectivity index (χ1) is 8.04. The maximum Gasteiger partial charge on any atom is 0.0489 e. The van der Waals surface area contributed by atoms with Crippen molar-refractivity contribution in [1.29, 1.82) is 0 Å². The molecule has 0 spiro atoms. The van der Waals surface area contributed by atoms with Crippen LogP contribution in [-0.4, -0.2) is 10.6 Å². The van der Waals surface area contributed by atoms with Gasteiger partial charge < -0.3 is 10.3 Å². The van der Waals surface area contributed by atoms with E-state index in [1.54, 1.807) is 0 Å². The van der Waals surface area contributed by atoms with Crippen molar-refractivity contribution < 1.29 is 0 Å². The van der Waals surface area contributed by atoms with Gasteiger partial charge in [0.15, 0.2) is 0 Å². The summed E-state index contributed by atoms with van der Waals surface area (Å²) < 4.78 is 3.31. The van der Waals surface area contributed by atoms with Crippen LogP contribution < -0.4 is 5.73 Å². The molecule has 0 amide bonds. The third-order valence-electron chi connectivity index (χ3n) is 4.18. The van der Waals surface area contributed by atoms with Gasteiger partial charge in [-0.2, -0.15) is 0 Å². The lowest BCUT2D eigenvalue weighted by atomic mass is 9.89. The van der Waals surface area contributed by atoms with Crippen molar-refractivity contribution in [3.8, 4) is 0 Å². The molecule has 1 aromatic heterocycles. The molecule has 1 saturated carbocycles. The molecule has 17 heavy (non-hydrogen) atoms. The van der Waals surface area contributed by atoms with E-state index in [9.17, 15) is 0 Å². The first-order valence-electron chi connectivity index (χ1n) is 6.05. The van der Waals surface area contributed by atoms with Crippen molar-refractivity contribution >= 4 is 26.8 Å². The molecule has 2 N–H and O–H groups in total. The summed E-state index contributed by atoms with van der Waals surface area (Å²) in [4.78, 5) is 0. The highest BCUT2D eigenvalue weighted by molar-refractivity contribution is 9.10. The third-order valence-corrected chi connectivity index (χ3v) is 4.81. The van der Waals surface area contributed by atoms with Crippen LogP contribution in [0.15, 0.2) is 28.9 Å². The van der Waals surface area contributed by atoms with Crippen molar-refractivity contribution in [3.05, 3.63) is 34.4 Å². The minimum absolute atomic E-state index is 0.238. The van der Waals surface area contributed by atoms with E-state index >= 15 is 0 Å². The molecule has 0 saturated heterocycles. The van der Waals surface area contributed by atoms with Gasteiger partial charge in [0.1, 0.15) is 0 Å². The Morgan fingerprint density at radius 1 is 1.41 bits per heavy atom. The van der Waals surface area contributed by atoms with Crippen LogP contribution in [0.25, 0.3) is 10.9 Å². The zero-order valence-corrected chi connectivity index (χ0v) is 11.8. The number of hydrogen-bond donors (Lipinski definition) is 1. The molecular weight excluding hydrogens is 276 g/mol. The van der Waals surface area contributed by atoms with Crippen LogP contribution in [0.2, 0.25) is 0 Å². The fourth-order valence-corrected chi connectivity index (χ4v) is 3.42. The van der Waals surface area contributed by atoms with Gasteiger partial charge in [0, 0.05) is 40.1 Å². The van der Waals surface area contributed by atoms with Gasteiger partial charge in [0.25, 0.3) is 0 Å². The van der Waals surface area contributed by atoms with Crippen LogP contribution >= 0.6 is 15.9 Å². The average molecular weight is 293 g/mol. The number of fused-ring (bicyclic) bond motifs is 1. The fourth-order valence-electron chi connectivity index (χ4n) is 2.80. The molecule has 1 fully saturated rings. The van der Waals surface area contributed by atoms with Crippen LogP contribution in [-0.2, 0) is 12.5 Å². The van der Waals surface area contributed by atoms with Crippen molar-refractivity contribution in [2.45, 2.75) is 31.2 Å². The lowest BCUT2D eigenvalue weighted by molar-refractivity contribution is 0.557. The maximum atomic E-state index is 6.14. The standard InChI is InChI=1S/C14H17BrN2/c1-9(16)14(5-6-14)10-3-4-13-11(7-10)12(15)8-17(13)2/h3-4,7-9H,5-6,16H2,1-2H3. The predicted octanol–water partition coefficient (Wildman–Crippen LogP) is 3.32. The Kier molecular flexibility index (Phi) is 2.39. The van der Waals surface area contributed by atoms with Gasteiger partial charge >= 0.3 is 0 Å². The smallest absolute Gasteiger partial charge is 0.0489 e. The molecule has 1 atom stereocenters. The summed E-state index contributed by atoms with van der Waals surface area (Å²) in [6.45, 7) is 2.12. The Balaban J connectivity index is 2.17. The molecule has 3 heteroatoms. The van der Waals surface area contributed by atoms with Crippen LogP contribution in [0.3, 0.4) is 0 Å². The molecule has 1 aliphatic carbocycles. The van der Waals surface area contributed by atoms with Crippen LogP contribution in [0, 0.1) is 0 Å². The highest BCUT2D eigenvalue weighted by atomic mass is 79.9. The predicted molar refractivity (Wildman–Crippen MR) is 75.2 cm³/mol. The van der Waals surface area contributed by atoms with E-state index in [4.69, 9.17) is 5.73 Å². The number of nitrogens with zero attached hydrogens (tertiary/aromatic N) is 1. The number of halogens is 1. The van der Waals surface area contributed by atoms with Crippen molar-refractivity contribution in [2.24, 2.45) is 12.8 Å². The SMILES string of the molecule is CC(N)C1(c2ccc3c(c2)c(Br)cn3C)CC1. The molecule has 2 nitrogen and oxygen atoms in total. The number of aromatic nitrogens is 1. The second-order valence-electron chi connectivity index (χ2n) is 5.26. The third kappa shape index (κ3) is 1.56. The molecule has 1 unspecified atom stereocenters. The molecular formula is C14H17BrN2. The number of aryl methyl sites for hydroxylation is 1. The van der Waals surface area contributed by atoms with Gasteiger partial charge in [-0.1, -0.05) is 6.07 Å². The first-order valence-corrected chi connectivity index (χ1v) is 6.84. The molecule has 90 valence electrons. The van der Waals surface area contributed by atoms with Gasteiger partial charge in [-0.05, 0) is 53.4 Å². The second-order valence-corrected chi connectivity index (χ2v) is 6.12. The minimum atomic E-state index is 0.238. The molecule has 2 aromatic rings. The van der Waals surface area contributed by atoms with Gasteiger partial charge in [0.2, 0.25) is 0 Å². The number of benzene rings is 1. The summed E-state index contributed by atoms with van der Waals surface area (Å²) in [5, 5.41) is 1.29. The molecule has 0 bridgehead atoms. The fraction of sp³-hybridized carbons (Fsp3) is 0.429. The second kappa shape index (κ2) is 3.59. The molecule has 3 rings (SSSR count). The lowest BCUT2D eigenvalue weighted by Crippen LogP contribution is -2.31. The summed E-state index contributed by atoms with van der Waals surface area (Å²) in [6, 6.07) is 6.99. The Morgan fingerprint density at radius 3 is 2.71 bits per heavy atom. The normalized spacial score (nSPS) is 19.5. The van der Waals surface area contributed by atoms with Gasteiger partial charge in [0.05, 0.1) is 0 Å². The van der Waals surface area contributed by atoms with E-state index in [1.165, 1.54) is 29.3 Å². The first kappa shape index (κ1) is 11.3. The van der Waals surface area contributed by atoms with Gasteiger partial charge in [-0.3, -0.25) is 0 Å². The van der Waals surface area contributed by atoms with E-state index in [-0.39, 0.29) is 11.5 Å². The Bertz CT molecular complexity index is 579. The number of rotatable bonds is 2. The quantitative estimate of drug-likeness (QED) is 0.904. The molecule has 1 aliphatic rings. The molecule has 1 heterocycles. The molecule has 0 radical (unpaired) electrons. The lowest BCUT2D eigenvalue weighted by Gasteiger charge is -2.20. The van der Waals surface area contributed by atoms with Crippen LogP contribution in [0.1, 0.15) is 25.3 Å². The van der Waals surface area contributed by atoms with E-state index in [0.29, 0.717) is 0 Å². The van der Waals surface area contributed by atoms with Crippen LogP contribution in [0.4, 0.5) is 0 Å². The summed E-state index contributed by atoms with van der Waals surface area (Å²) in [7, 11) is 2.07. The minimum Gasteiger partial charge on any atom is -0.349 e. The van der Waals surface area contributed by atoms with Crippen molar-refractivity contribution in [2.75, 3.05) is 0 Å². The van der Waals surface area contributed by atoms with Crippen LogP contribution in [0.5, 0.6) is 0 Å². The highest BCUT2D eigenvalue weighted by Gasteiger charge is 2.47. The molecule has 0 aliphatic heterocycles. The molecule has 1 aromatic carbocycles. The number of hydrogen-bond acceptors (Lipinski definition) is 1. The van der Waals surface area contributed by atoms with E-state index in [0.717, 1.165) is 4.47 Å². The Morgan fingerprint density at radius 2 is 2.12 bits per heavy atom. The topological polar surface area (TPSA) is 30.9 Å². The Labute approximate surface area is 110 Å². The summed E-state index contributed by atoms with van der Waals surface area (Å²) in [5.41, 5.74) is 9.03. The van der Waals surface area contributed by atoms with Crippen molar-refractivity contribution in [3.63, 3.8) is 0 Å². The number of nitrogens with two attached hydrogens (primary N) is 1. The summed E-state index contributed by atoms with van der Waals surface area (Å²) in [5.74, 6) is 0. The monoisotopic (exact) mass is 292 g/mol. The van der Waals surface area contributed by atoms with Gasteiger partial charge in [-0.25, -0.2) is 0 Å². The zero-order valence-electron chi connectivity index (χ0n) is 10.2. The van der Waals surface area contributed by atoms with E-state index in [1.807, 2.05) is 0 Å². The summed E-state index contributed by atoms with van der Waals surface area (Å²) in [6.07, 6.45) is 4.56.